The summed E-state index contributed by atoms with van der Waals surface area (Å²) in [5.74, 6) is -0.268. The number of carbonyl (C=O) groups is 2. The lowest BCUT2D eigenvalue weighted by Gasteiger charge is -2.22. The highest BCUT2D eigenvalue weighted by molar-refractivity contribution is 9.10. The van der Waals surface area contributed by atoms with Gasteiger partial charge >= 0.3 is 12.0 Å². The number of benzene rings is 1. The summed E-state index contributed by atoms with van der Waals surface area (Å²) in [6, 6.07) is 7.18. The number of methoxy groups -OCH3 is 1. The fourth-order valence-electron chi connectivity index (χ4n) is 2.32. The average Bonchev–Trinajstić information content (AvgIpc) is 2.82. The molecule has 2 amide bonds. The van der Waals surface area contributed by atoms with Gasteiger partial charge in [0.05, 0.1) is 12.5 Å². The molecule has 1 atom stereocenters. The van der Waals surface area contributed by atoms with Crippen molar-refractivity contribution in [1.82, 2.24) is 4.90 Å². The van der Waals surface area contributed by atoms with Crippen molar-refractivity contribution in [3.8, 4) is 0 Å². The number of ether oxygens (including phenoxy) is 1. The van der Waals surface area contributed by atoms with Gasteiger partial charge in [-0.15, -0.1) is 0 Å². The van der Waals surface area contributed by atoms with Gasteiger partial charge in [-0.3, -0.25) is 4.79 Å². The molecule has 1 N–H and O–H groups in total. The van der Waals surface area contributed by atoms with Crippen molar-refractivity contribution in [2.45, 2.75) is 13.3 Å². The van der Waals surface area contributed by atoms with Crippen molar-refractivity contribution >= 4 is 33.6 Å². The van der Waals surface area contributed by atoms with E-state index in [1.165, 1.54) is 7.11 Å². The molecule has 1 aromatic rings. The maximum absolute atomic E-state index is 12.2. The zero-order chi connectivity index (χ0) is 14.8. The van der Waals surface area contributed by atoms with Crippen molar-refractivity contribution < 1.29 is 14.3 Å². The molecule has 1 heterocycles. The Morgan fingerprint density at radius 3 is 2.85 bits per heavy atom. The van der Waals surface area contributed by atoms with Crippen LogP contribution in [0.4, 0.5) is 10.5 Å². The molecule has 1 aromatic carbocycles. The fraction of sp³-hybridized carbons (Fsp3) is 0.429. The Hall–Kier alpha value is -1.56. The third kappa shape index (κ3) is 3.12. The SMILES string of the molecule is COC(=O)[C@]1(C)CCN(C(=O)Nc2cccc(Br)c2)C1. The fourth-order valence-corrected chi connectivity index (χ4v) is 2.72. The second-order valence-corrected chi connectivity index (χ2v) is 6.08. The van der Waals surface area contributed by atoms with Gasteiger partial charge in [-0.25, -0.2) is 4.79 Å². The molecule has 20 heavy (non-hydrogen) atoms. The predicted octanol–water partition coefficient (Wildman–Crippen LogP) is 2.87. The van der Waals surface area contributed by atoms with E-state index in [1.807, 2.05) is 31.2 Å². The Labute approximate surface area is 126 Å². The average molecular weight is 341 g/mol. The summed E-state index contributed by atoms with van der Waals surface area (Å²) >= 11 is 3.36. The van der Waals surface area contributed by atoms with E-state index < -0.39 is 5.41 Å². The number of esters is 1. The van der Waals surface area contributed by atoms with Crippen LogP contribution in [0.25, 0.3) is 0 Å². The number of amides is 2. The third-order valence-corrected chi connectivity index (χ3v) is 4.01. The number of nitrogens with one attached hydrogen (secondary N) is 1. The number of likely N-dealkylation sites (tertiary alicyclic amines) is 1. The summed E-state index contributed by atoms with van der Waals surface area (Å²) in [7, 11) is 1.37. The Balaban J connectivity index is 2.00. The second-order valence-electron chi connectivity index (χ2n) is 5.16. The summed E-state index contributed by atoms with van der Waals surface area (Å²) in [5.41, 5.74) is 0.111. The van der Waals surface area contributed by atoms with Crippen molar-refractivity contribution in [3.63, 3.8) is 0 Å². The van der Waals surface area contributed by atoms with Crippen LogP contribution in [-0.2, 0) is 9.53 Å². The highest BCUT2D eigenvalue weighted by Crippen LogP contribution is 2.31. The highest BCUT2D eigenvalue weighted by Gasteiger charge is 2.43. The minimum Gasteiger partial charge on any atom is -0.469 e. The van der Waals surface area contributed by atoms with Gasteiger partial charge in [0.25, 0.3) is 0 Å². The summed E-state index contributed by atoms with van der Waals surface area (Å²) in [4.78, 5) is 25.5. The number of hydrogen-bond donors (Lipinski definition) is 1. The van der Waals surface area contributed by atoms with Crippen molar-refractivity contribution in [2.24, 2.45) is 5.41 Å². The van der Waals surface area contributed by atoms with Gasteiger partial charge in [0.2, 0.25) is 0 Å². The van der Waals surface area contributed by atoms with Crippen LogP contribution in [0.2, 0.25) is 0 Å². The molecule has 1 aliphatic heterocycles. The number of nitrogens with zero attached hydrogens (tertiary/aromatic N) is 1. The molecule has 0 aromatic heterocycles. The Morgan fingerprint density at radius 2 is 2.20 bits per heavy atom. The standard InChI is InChI=1S/C14H17BrN2O3/c1-14(12(18)20-2)6-7-17(9-14)13(19)16-11-5-3-4-10(15)8-11/h3-5,8H,6-7,9H2,1-2H3,(H,16,19)/t14-/m1/s1. The van der Waals surface area contributed by atoms with Crippen LogP contribution in [-0.4, -0.2) is 37.1 Å². The molecule has 6 heteroatoms. The van der Waals surface area contributed by atoms with Gasteiger partial charge in [-0.1, -0.05) is 22.0 Å². The van der Waals surface area contributed by atoms with E-state index >= 15 is 0 Å². The molecule has 1 aliphatic rings. The largest absolute Gasteiger partial charge is 0.469 e. The summed E-state index contributed by atoms with van der Waals surface area (Å²) in [5, 5.41) is 2.82. The van der Waals surface area contributed by atoms with E-state index in [0.717, 1.165) is 10.2 Å². The summed E-state index contributed by atoms with van der Waals surface area (Å²) in [6.07, 6.45) is 0.617. The molecule has 2 rings (SSSR count). The van der Waals surface area contributed by atoms with E-state index in [-0.39, 0.29) is 12.0 Å². The Bertz CT molecular complexity index is 535. The summed E-state index contributed by atoms with van der Waals surface area (Å²) in [6.45, 7) is 2.75. The zero-order valence-electron chi connectivity index (χ0n) is 11.5. The minimum atomic E-state index is -0.608. The van der Waals surface area contributed by atoms with Crippen LogP contribution >= 0.6 is 15.9 Å². The van der Waals surface area contributed by atoms with Crippen LogP contribution in [0.5, 0.6) is 0 Å². The molecule has 0 bridgehead atoms. The second kappa shape index (κ2) is 5.83. The zero-order valence-corrected chi connectivity index (χ0v) is 13.1. The van der Waals surface area contributed by atoms with Gasteiger partial charge in [-0.2, -0.15) is 0 Å². The quantitative estimate of drug-likeness (QED) is 0.842. The van der Waals surface area contributed by atoms with Crippen molar-refractivity contribution in [1.29, 1.82) is 0 Å². The van der Waals surface area contributed by atoms with Gasteiger partial charge in [-0.05, 0) is 31.5 Å². The maximum Gasteiger partial charge on any atom is 0.321 e. The molecule has 0 spiro atoms. The smallest absolute Gasteiger partial charge is 0.321 e. The molecule has 0 radical (unpaired) electrons. The van der Waals surface area contributed by atoms with Crippen LogP contribution in [0, 0.1) is 5.41 Å². The number of hydrogen-bond acceptors (Lipinski definition) is 3. The first-order chi connectivity index (χ1) is 9.44. The first-order valence-electron chi connectivity index (χ1n) is 6.34. The van der Waals surface area contributed by atoms with Crippen LogP contribution in [0.15, 0.2) is 28.7 Å². The van der Waals surface area contributed by atoms with Crippen molar-refractivity contribution in [3.05, 3.63) is 28.7 Å². The van der Waals surface area contributed by atoms with Crippen LogP contribution < -0.4 is 5.32 Å². The molecule has 0 unspecified atom stereocenters. The number of rotatable bonds is 2. The van der Waals surface area contributed by atoms with E-state index in [4.69, 9.17) is 4.74 Å². The molecular weight excluding hydrogens is 324 g/mol. The van der Waals surface area contributed by atoms with E-state index in [9.17, 15) is 9.59 Å². The van der Waals surface area contributed by atoms with Crippen molar-refractivity contribution in [2.75, 3.05) is 25.5 Å². The molecule has 5 nitrogen and oxygen atoms in total. The molecule has 0 saturated carbocycles. The number of halogens is 1. The monoisotopic (exact) mass is 340 g/mol. The first kappa shape index (κ1) is 14.8. The normalized spacial score (nSPS) is 21.6. The topological polar surface area (TPSA) is 58.6 Å². The molecular formula is C14H17BrN2O3. The lowest BCUT2D eigenvalue weighted by molar-refractivity contribution is -0.150. The first-order valence-corrected chi connectivity index (χ1v) is 7.14. The summed E-state index contributed by atoms with van der Waals surface area (Å²) < 4.78 is 5.69. The van der Waals surface area contributed by atoms with Crippen LogP contribution in [0.1, 0.15) is 13.3 Å². The minimum absolute atomic E-state index is 0.198. The van der Waals surface area contributed by atoms with E-state index in [0.29, 0.717) is 19.5 Å². The molecule has 1 saturated heterocycles. The lowest BCUT2D eigenvalue weighted by Crippen LogP contribution is -2.37. The Kier molecular flexibility index (Phi) is 4.32. The highest BCUT2D eigenvalue weighted by atomic mass is 79.9. The lowest BCUT2D eigenvalue weighted by atomic mass is 9.90. The van der Waals surface area contributed by atoms with E-state index in [1.54, 1.807) is 4.90 Å². The number of urea groups is 1. The van der Waals surface area contributed by atoms with Gasteiger partial charge in [0, 0.05) is 23.2 Å². The predicted molar refractivity (Wildman–Crippen MR) is 79.5 cm³/mol. The molecule has 1 fully saturated rings. The van der Waals surface area contributed by atoms with Crippen LogP contribution in [0.3, 0.4) is 0 Å². The van der Waals surface area contributed by atoms with Gasteiger partial charge in [0.1, 0.15) is 0 Å². The number of carbonyl (C=O) groups excluding carboxylic acids is 2. The van der Waals surface area contributed by atoms with Gasteiger partial charge < -0.3 is 15.0 Å². The molecule has 0 aliphatic carbocycles. The Morgan fingerprint density at radius 1 is 1.45 bits per heavy atom. The third-order valence-electron chi connectivity index (χ3n) is 3.51. The molecule has 108 valence electrons. The van der Waals surface area contributed by atoms with E-state index in [2.05, 4.69) is 21.2 Å². The maximum atomic E-state index is 12.2. The van der Waals surface area contributed by atoms with Gasteiger partial charge in [0.15, 0.2) is 0 Å². The number of anilines is 1.